The molecule has 0 bridgehead atoms. The van der Waals surface area contributed by atoms with Gasteiger partial charge in [0.05, 0.1) is 5.69 Å². The number of furan rings is 1. The highest BCUT2D eigenvalue weighted by atomic mass is 16.4. The Bertz CT molecular complexity index is 1260. The maximum atomic E-state index is 11.6. The Morgan fingerprint density at radius 1 is 1.06 bits per heavy atom. The van der Waals surface area contributed by atoms with E-state index in [0.29, 0.717) is 13.0 Å². The molecule has 0 radical (unpaired) electrons. The maximum absolute atomic E-state index is 11.6. The Labute approximate surface area is 187 Å². The molecule has 32 heavy (non-hydrogen) atoms. The Kier molecular flexibility index (Phi) is 5.50. The Morgan fingerprint density at radius 2 is 1.88 bits per heavy atom. The summed E-state index contributed by atoms with van der Waals surface area (Å²) in [6.45, 7) is 3.45. The number of rotatable bonds is 5. The maximum Gasteiger partial charge on any atom is 0.320 e. The minimum Gasteiger partial charge on any atom is -0.480 e. The number of carboxylic acids is 1. The number of aliphatic carboxylic acids is 1. The second-order valence-electron chi connectivity index (χ2n) is 8.46. The molecule has 4 aromatic rings. The first-order chi connectivity index (χ1) is 15.6. The molecule has 0 saturated carbocycles. The van der Waals surface area contributed by atoms with Gasteiger partial charge in [-0.25, -0.2) is 4.98 Å². The molecule has 5 heteroatoms. The molecule has 1 N–H and O–H groups in total. The molecular formula is C27H26N2O3. The molecule has 2 aromatic heterocycles. The van der Waals surface area contributed by atoms with Crippen LogP contribution in [0.25, 0.3) is 33.6 Å². The first kappa shape index (κ1) is 20.5. The van der Waals surface area contributed by atoms with Gasteiger partial charge in [-0.2, -0.15) is 0 Å². The molecule has 1 atom stereocenters. The van der Waals surface area contributed by atoms with E-state index < -0.39 is 12.0 Å². The first-order valence-electron chi connectivity index (χ1n) is 11.1. The lowest BCUT2D eigenvalue weighted by Gasteiger charge is -2.32. The SMILES string of the molecule is Cc1c(-c2ccccc2)cccc1-c1cc2nc(CN3CCCC[C@H]3C(=O)O)ccc2o1. The van der Waals surface area contributed by atoms with Crippen molar-refractivity contribution in [2.75, 3.05) is 6.54 Å². The number of hydrogen-bond acceptors (Lipinski definition) is 4. The van der Waals surface area contributed by atoms with Crippen LogP contribution < -0.4 is 0 Å². The summed E-state index contributed by atoms with van der Waals surface area (Å²) in [6.07, 6.45) is 2.69. The zero-order valence-corrected chi connectivity index (χ0v) is 18.1. The van der Waals surface area contributed by atoms with Gasteiger partial charge in [0.25, 0.3) is 0 Å². The van der Waals surface area contributed by atoms with Gasteiger partial charge in [0.1, 0.15) is 17.3 Å². The third-order valence-electron chi connectivity index (χ3n) is 6.38. The van der Waals surface area contributed by atoms with E-state index in [2.05, 4.69) is 37.3 Å². The van der Waals surface area contributed by atoms with Crippen molar-refractivity contribution < 1.29 is 14.3 Å². The monoisotopic (exact) mass is 426 g/mol. The molecule has 1 saturated heterocycles. The number of fused-ring (bicyclic) bond motifs is 1. The van der Waals surface area contributed by atoms with Gasteiger partial charge in [0.15, 0.2) is 5.58 Å². The van der Waals surface area contributed by atoms with Gasteiger partial charge in [0, 0.05) is 18.2 Å². The summed E-state index contributed by atoms with van der Waals surface area (Å²) in [6, 6.07) is 22.0. The minimum atomic E-state index is -0.745. The van der Waals surface area contributed by atoms with Gasteiger partial charge in [-0.05, 0) is 55.1 Å². The van der Waals surface area contributed by atoms with Crippen molar-refractivity contribution in [3.05, 3.63) is 78.0 Å². The van der Waals surface area contributed by atoms with E-state index in [1.54, 1.807) is 0 Å². The van der Waals surface area contributed by atoms with Crippen LogP contribution in [0.3, 0.4) is 0 Å². The molecule has 0 unspecified atom stereocenters. The number of likely N-dealkylation sites (tertiary alicyclic amines) is 1. The van der Waals surface area contributed by atoms with Crippen molar-refractivity contribution in [2.24, 2.45) is 0 Å². The normalized spacial score (nSPS) is 17.0. The topological polar surface area (TPSA) is 66.6 Å². The lowest BCUT2D eigenvalue weighted by atomic mass is 9.95. The summed E-state index contributed by atoms with van der Waals surface area (Å²) in [4.78, 5) is 18.4. The molecule has 1 aliphatic heterocycles. The smallest absolute Gasteiger partial charge is 0.320 e. The van der Waals surface area contributed by atoms with Crippen molar-refractivity contribution in [2.45, 2.75) is 38.8 Å². The number of aromatic nitrogens is 1. The van der Waals surface area contributed by atoms with Gasteiger partial charge in [-0.15, -0.1) is 0 Å². The molecule has 0 amide bonds. The standard InChI is InChI=1S/C27H26N2O3/c1-18-21(19-8-3-2-4-9-19)10-7-11-22(18)26-16-23-25(32-26)14-13-20(28-23)17-29-15-6-5-12-24(29)27(30)31/h2-4,7-11,13-14,16,24H,5-6,12,15,17H2,1H3,(H,30,31)/t24-/m0/s1. The lowest BCUT2D eigenvalue weighted by molar-refractivity contribution is -0.144. The fourth-order valence-corrected chi connectivity index (χ4v) is 4.69. The molecule has 1 aliphatic rings. The molecule has 5 nitrogen and oxygen atoms in total. The predicted molar refractivity (Wildman–Crippen MR) is 125 cm³/mol. The van der Waals surface area contributed by atoms with Crippen LogP contribution in [0.2, 0.25) is 0 Å². The summed E-state index contributed by atoms with van der Waals surface area (Å²) in [5.74, 6) is 0.0477. The number of carbonyl (C=O) groups is 1. The van der Waals surface area contributed by atoms with Gasteiger partial charge in [0.2, 0.25) is 0 Å². The minimum absolute atomic E-state index is 0.426. The largest absolute Gasteiger partial charge is 0.480 e. The molecule has 162 valence electrons. The number of pyridine rings is 1. The third kappa shape index (κ3) is 3.92. The second kappa shape index (κ2) is 8.60. The Balaban J connectivity index is 1.46. The molecule has 5 rings (SSSR count). The fourth-order valence-electron chi connectivity index (χ4n) is 4.69. The van der Waals surface area contributed by atoms with Crippen LogP contribution in [-0.4, -0.2) is 33.5 Å². The molecule has 2 aromatic carbocycles. The highest BCUT2D eigenvalue weighted by Crippen LogP contribution is 2.34. The van der Waals surface area contributed by atoms with Crippen LogP contribution in [0.4, 0.5) is 0 Å². The second-order valence-corrected chi connectivity index (χ2v) is 8.46. The van der Waals surface area contributed by atoms with Crippen molar-refractivity contribution in [1.82, 2.24) is 9.88 Å². The highest BCUT2D eigenvalue weighted by molar-refractivity contribution is 5.83. The van der Waals surface area contributed by atoms with Crippen LogP contribution in [0.5, 0.6) is 0 Å². The lowest BCUT2D eigenvalue weighted by Crippen LogP contribution is -2.44. The van der Waals surface area contributed by atoms with Gasteiger partial charge in [-0.3, -0.25) is 9.69 Å². The molecule has 0 aliphatic carbocycles. The Hall–Kier alpha value is -3.44. The van der Waals surface area contributed by atoms with Crippen LogP contribution in [-0.2, 0) is 11.3 Å². The number of benzene rings is 2. The van der Waals surface area contributed by atoms with E-state index in [-0.39, 0.29) is 0 Å². The van der Waals surface area contributed by atoms with E-state index in [9.17, 15) is 9.90 Å². The summed E-state index contributed by atoms with van der Waals surface area (Å²) in [5.41, 5.74) is 6.98. The quantitative estimate of drug-likeness (QED) is 0.430. The zero-order chi connectivity index (χ0) is 22.1. The Morgan fingerprint density at radius 3 is 2.69 bits per heavy atom. The van der Waals surface area contributed by atoms with Crippen LogP contribution in [0.1, 0.15) is 30.5 Å². The summed E-state index contributed by atoms with van der Waals surface area (Å²) in [7, 11) is 0. The van der Waals surface area contributed by atoms with Crippen LogP contribution in [0.15, 0.2) is 71.1 Å². The van der Waals surface area contributed by atoms with Crippen molar-refractivity contribution in [1.29, 1.82) is 0 Å². The van der Waals surface area contributed by atoms with E-state index >= 15 is 0 Å². The fraction of sp³-hybridized carbons (Fsp3) is 0.259. The van der Waals surface area contributed by atoms with Crippen molar-refractivity contribution in [3.63, 3.8) is 0 Å². The van der Waals surface area contributed by atoms with E-state index in [1.807, 2.05) is 41.3 Å². The van der Waals surface area contributed by atoms with Crippen LogP contribution >= 0.6 is 0 Å². The predicted octanol–water partition coefficient (Wildman–Crippen LogP) is 5.91. The first-order valence-corrected chi connectivity index (χ1v) is 11.1. The van der Waals surface area contributed by atoms with Gasteiger partial charge in [-0.1, -0.05) is 55.0 Å². The summed E-state index contributed by atoms with van der Waals surface area (Å²) >= 11 is 0. The third-order valence-corrected chi connectivity index (χ3v) is 6.38. The van der Waals surface area contributed by atoms with E-state index in [0.717, 1.165) is 53.1 Å². The number of hydrogen-bond donors (Lipinski definition) is 1. The van der Waals surface area contributed by atoms with E-state index in [1.165, 1.54) is 11.1 Å². The number of carboxylic acid groups (broad SMARTS) is 1. The van der Waals surface area contributed by atoms with Crippen molar-refractivity contribution >= 4 is 17.1 Å². The number of piperidine rings is 1. The summed E-state index contributed by atoms with van der Waals surface area (Å²) in [5, 5.41) is 9.54. The summed E-state index contributed by atoms with van der Waals surface area (Å²) < 4.78 is 6.16. The van der Waals surface area contributed by atoms with E-state index in [4.69, 9.17) is 9.40 Å². The number of nitrogens with zero attached hydrogens (tertiary/aromatic N) is 2. The molecular weight excluding hydrogens is 400 g/mol. The highest BCUT2D eigenvalue weighted by Gasteiger charge is 2.28. The zero-order valence-electron chi connectivity index (χ0n) is 18.1. The van der Waals surface area contributed by atoms with Crippen molar-refractivity contribution in [3.8, 4) is 22.5 Å². The van der Waals surface area contributed by atoms with Gasteiger partial charge < -0.3 is 9.52 Å². The molecule has 1 fully saturated rings. The van der Waals surface area contributed by atoms with Crippen LogP contribution in [0, 0.1) is 6.92 Å². The molecule has 0 spiro atoms. The average Bonchev–Trinajstić information content (AvgIpc) is 3.23. The van der Waals surface area contributed by atoms with Gasteiger partial charge >= 0.3 is 5.97 Å². The molecule has 3 heterocycles. The average molecular weight is 427 g/mol.